The molecule has 0 unspecified atom stereocenters. The van der Waals surface area contributed by atoms with Crippen LogP contribution in [0.2, 0.25) is 0 Å². The second-order valence-electron chi connectivity index (χ2n) is 2.78. The van der Waals surface area contributed by atoms with E-state index in [1.807, 2.05) is 18.4 Å². The zero-order valence-corrected chi connectivity index (χ0v) is 9.23. The quantitative estimate of drug-likeness (QED) is 0.850. The molecule has 2 aromatic rings. The Morgan fingerprint density at radius 1 is 1.50 bits per heavy atom. The summed E-state index contributed by atoms with van der Waals surface area (Å²) in [6.45, 7) is 1.98. The van der Waals surface area contributed by atoms with Gasteiger partial charge in [-0.2, -0.15) is 0 Å². The Hall–Kier alpha value is -1.07. The van der Waals surface area contributed by atoms with Crippen LogP contribution in [0, 0.1) is 6.92 Å². The summed E-state index contributed by atoms with van der Waals surface area (Å²) in [5.41, 5.74) is 7.42. The van der Waals surface area contributed by atoms with Crippen molar-refractivity contribution in [3.8, 4) is 0 Å². The SMILES string of the molecule is Cc1csc(Sc2cc(N)ccn2)n1. The minimum atomic E-state index is 0.732. The number of thiazole rings is 1. The van der Waals surface area contributed by atoms with Gasteiger partial charge in [0, 0.05) is 23.0 Å². The van der Waals surface area contributed by atoms with E-state index in [9.17, 15) is 0 Å². The lowest BCUT2D eigenvalue weighted by Crippen LogP contribution is -1.86. The van der Waals surface area contributed by atoms with Crippen LogP contribution in [0.3, 0.4) is 0 Å². The summed E-state index contributed by atoms with van der Waals surface area (Å²) in [5, 5.41) is 2.91. The molecule has 0 aliphatic rings. The number of anilines is 1. The Kier molecular flexibility index (Phi) is 2.69. The maximum absolute atomic E-state index is 5.65. The van der Waals surface area contributed by atoms with Gasteiger partial charge in [0.1, 0.15) is 5.03 Å². The Balaban J connectivity index is 2.18. The van der Waals surface area contributed by atoms with E-state index < -0.39 is 0 Å². The van der Waals surface area contributed by atoms with E-state index in [1.165, 1.54) is 11.8 Å². The van der Waals surface area contributed by atoms with Gasteiger partial charge in [0.05, 0.1) is 0 Å². The van der Waals surface area contributed by atoms with E-state index >= 15 is 0 Å². The largest absolute Gasteiger partial charge is 0.399 e. The van der Waals surface area contributed by atoms with Gasteiger partial charge in [0.2, 0.25) is 0 Å². The van der Waals surface area contributed by atoms with Gasteiger partial charge in [-0.3, -0.25) is 0 Å². The second kappa shape index (κ2) is 3.98. The summed E-state index contributed by atoms with van der Waals surface area (Å²) in [5.74, 6) is 0. The average molecular weight is 223 g/mol. The molecule has 0 aliphatic carbocycles. The molecular formula is C9H9N3S2. The zero-order chi connectivity index (χ0) is 9.97. The Morgan fingerprint density at radius 3 is 3.00 bits per heavy atom. The van der Waals surface area contributed by atoms with Gasteiger partial charge < -0.3 is 5.73 Å². The first-order valence-corrected chi connectivity index (χ1v) is 5.75. The van der Waals surface area contributed by atoms with Crippen molar-refractivity contribution >= 4 is 28.8 Å². The molecule has 0 aliphatic heterocycles. The number of aryl methyl sites for hydroxylation is 1. The maximum Gasteiger partial charge on any atom is 0.156 e. The van der Waals surface area contributed by atoms with Crippen LogP contribution in [0.25, 0.3) is 0 Å². The molecule has 72 valence electrons. The van der Waals surface area contributed by atoms with Crippen molar-refractivity contribution in [3.05, 3.63) is 29.4 Å². The summed E-state index contributed by atoms with van der Waals surface area (Å²) in [4.78, 5) is 8.53. The molecule has 0 atom stereocenters. The highest BCUT2D eigenvalue weighted by molar-refractivity contribution is 8.01. The highest BCUT2D eigenvalue weighted by Crippen LogP contribution is 2.29. The number of nitrogens with zero attached hydrogens (tertiary/aromatic N) is 2. The highest BCUT2D eigenvalue weighted by atomic mass is 32.2. The molecule has 2 heterocycles. The predicted octanol–water partition coefficient (Wildman–Crippen LogP) is 2.58. The highest BCUT2D eigenvalue weighted by Gasteiger charge is 2.02. The standard InChI is InChI=1S/C9H9N3S2/c1-6-5-13-9(12-6)14-8-4-7(10)2-3-11-8/h2-5H,1H3,(H2,10,11). The van der Waals surface area contributed by atoms with Crippen LogP contribution >= 0.6 is 23.1 Å². The molecule has 0 radical (unpaired) electrons. The fourth-order valence-electron chi connectivity index (χ4n) is 0.949. The van der Waals surface area contributed by atoms with Crippen molar-refractivity contribution in [2.24, 2.45) is 0 Å². The van der Waals surface area contributed by atoms with Gasteiger partial charge in [-0.15, -0.1) is 11.3 Å². The summed E-state index contributed by atoms with van der Waals surface area (Å²) < 4.78 is 1.00. The minimum Gasteiger partial charge on any atom is -0.399 e. The first-order chi connectivity index (χ1) is 6.74. The first-order valence-electron chi connectivity index (χ1n) is 4.05. The van der Waals surface area contributed by atoms with Crippen molar-refractivity contribution in [1.82, 2.24) is 9.97 Å². The molecule has 2 aromatic heterocycles. The van der Waals surface area contributed by atoms with Crippen molar-refractivity contribution in [2.45, 2.75) is 16.3 Å². The molecule has 0 saturated heterocycles. The van der Waals surface area contributed by atoms with Crippen LogP contribution in [-0.4, -0.2) is 9.97 Å². The molecule has 0 bridgehead atoms. The first kappa shape index (κ1) is 9.48. The number of nitrogen functional groups attached to an aromatic ring is 1. The molecule has 14 heavy (non-hydrogen) atoms. The number of hydrogen-bond donors (Lipinski definition) is 1. The van der Waals surface area contributed by atoms with Crippen LogP contribution in [0.4, 0.5) is 5.69 Å². The second-order valence-corrected chi connectivity index (χ2v) is 4.91. The predicted molar refractivity (Wildman–Crippen MR) is 59.6 cm³/mol. The Bertz CT molecular complexity index is 439. The van der Waals surface area contributed by atoms with Gasteiger partial charge >= 0.3 is 0 Å². The van der Waals surface area contributed by atoms with Gasteiger partial charge in [-0.25, -0.2) is 9.97 Å². The van der Waals surface area contributed by atoms with E-state index in [-0.39, 0.29) is 0 Å². The van der Waals surface area contributed by atoms with E-state index in [0.717, 1.165) is 20.7 Å². The van der Waals surface area contributed by atoms with Crippen molar-refractivity contribution in [3.63, 3.8) is 0 Å². The lowest BCUT2D eigenvalue weighted by molar-refractivity contribution is 1.11. The zero-order valence-electron chi connectivity index (χ0n) is 7.60. The normalized spacial score (nSPS) is 10.4. The van der Waals surface area contributed by atoms with Crippen molar-refractivity contribution in [1.29, 1.82) is 0 Å². The number of nitrogens with two attached hydrogens (primary N) is 1. The van der Waals surface area contributed by atoms with Crippen LogP contribution in [0.1, 0.15) is 5.69 Å². The number of hydrogen-bond acceptors (Lipinski definition) is 5. The van der Waals surface area contributed by atoms with Gasteiger partial charge in [-0.1, -0.05) is 0 Å². The lowest BCUT2D eigenvalue weighted by Gasteiger charge is -1.97. The van der Waals surface area contributed by atoms with Crippen LogP contribution in [-0.2, 0) is 0 Å². The molecule has 5 heteroatoms. The monoisotopic (exact) mass is 223 g/mol. The third-order valence-corrected chi connectivity index (χ3v) is 3.54. The fourth-order valence-corrected chi connectivity index (χ4v) is 2.74. The van der Waals surface area contributed by atoms with E-state index in [2.05, 4.69) is 9.97 Å². The molecule has 2 N–H and O–H groups in total. The summed E-state index contributed by atoms with van der Waals surface area (Å²) >= 11 is 3.16. The van der Waals surface area contributed by atoms with Gasteiger partial charge in [-0.05, 0) is 30.8 Å². The number of rotatable bonds is 2. The Morgan fingerprint density at radius 2 is 2.36 bits per heavy atom. The van der Waals surface area contributed by atoms with E-state index in [0.29, 0.717) is 0 Å². The van der Waals surface area contributed by atoms with Crippen LogP contribution in [0.15, 0.2) is 33.1 Å². The molecule has 0 spiro atoms. The number of aromatic nitrogens is 2. The molecule has 0 saturated carbocycles. The van der Waals surface area contributed by atoms with E-state index in [4.69, 9.17) is 5.73 Å². The molecule has 0 fully saturated rings. The molecule has 3 nitrogen and oxygen atoms in total. The van der Waals surface area contributed by atoms with Crippen molar-refractivity contribution in [2.75, 3.05) is 5.73 Å². The van der Waals surface area contributed by atoms with Crippen LogP contribution < -0.4 is 5.73 Å². The fraction of sp³-hybridized carbons (Fsp3) is 0.111. The minimum absolute atomic E-state index is 0.732. The van der Waals surface area contributed by atoms with Crippen molar-refractivity contribution < 1.29 is 0 Å². The van der Waals surface area contributed by atoms with Crippen LogP contribution in [0.5, 0.6) is 0 Å². The number of pyridine rings is 1. The third kappa shape index (κ3) is 2.24. The molecule has 0 aromatic carbocycles. The summed E-state index contributed by atoms with van der Waals surface area (Å²) in [6.07, 6.45) is 1.71. The van der Waals surface area contributed by atoms with Gasteiger partial charge in [0.25, 0.3) is 0 Å². The maximum atomic E-state index is 5.65. The summed E-state index contributed by atoms with van der Waals surface area (Å²) in [7, 11) is 0. The molecule has 2 rings (SSSR count). The Labute approximate surface area is 90.4 Å². The average Bonchev–Trinajstić information content (AvgIpc) is 2.51. The van der Waals surface area contributed by atoms with Gasteiger partial charge in [0.15, 0.2) is 4.34 Å². The lowest BCUT2D eigenvalue weighted by atomic mass is 10.4. The summed E-state index contributed by atoms with van der Waals surface area (Å²) in [6, 6.07) is 3.62. The van der Waals surface area contributed by atoms with E-state index in [1.54, 1.807) is 23.6 Å². The topological polar surface area (TPSA) is 51.8 Å². The smallest absolute Gasteiger partial charge is 0.156 e. The molecule has 0 amide bonds. The third-order valence-electron chi connectivity index (χ3n) is 1.55. The molecular weight excluding hydrogens is 214 g/mol.